The number of urea groups is 1. The van der Waals surface area contributed by atoms with Crippen LogP contribution in [0.2, 0.25) is 0 Å². The van der Waals surface area contributed by atoms with Crippen LogP contribution in [-0.2, 0) is 9.47 Å². The first kappa shape index (κ1) is 15.7. The van der Waals surface area contributed by atoms with Gasteiger partial charge in [-0.2, -0.15) is 0 Å². The van der Waals surface area contributed by atoms with E-state index in [-0.39, 0.29) is 12.1 Å². The van der Waals surface area contributed by atoms with Gasteiger partial charge in [0.05, 0.1) is 25.9 Å². The molecule has 5 aliphatic rings. The lowest BCUT2D eigenvalue weighted by Gasteiger charge is -2.57. The maximum Gasteiger partial charge on any atom is 0.317 e. The Morgan fingerprint density at radius 1 is 1.13 bits per heavy atom. The van der Waals surface area contributed by atoms with E-state index in [1.165, 1.54) is 38.5 Å². The summed E-state index contributed by atoms with van der Waals surface area (Å²) in [7, 11) is 1.95. The zero-order valence-electron chi connectivity index (χ0n) is 14.3. The van der Waals surface area contributed by atoms with E-state index in [0.29, 0.717) is 31.8 Å². The van der Waals surface area contributed by atoms with E-state index >= 15 is 0 Å². The maximum absolute atomic E-state index is 12.4. The number of amides is 2. The van der Waals surface area contributed by atoms with E-state index in [9.17, 15) is 4.79 Å². The smallest absolute Gasteiger partial charge is 0.317 e. The molecule has 2 amide bonds. The molecule has 23 heavy (non-hydrogen) atoms. The molecule has 1 N–H and O–H groups in total. The fourth-order valence-electron chi connectivity index (χ4n) is 6.05. The molecule has 4 aliphatic carbocycles. The van der Waals surface area contributed by atoms with Crippen LogP contribution in [0.3, 0.4) is 0 Å². The Labute approximate surface area is 139 Å². The summed E-state index contributed by atoms with van der Waals surface area (Å²) < 4.78 is 11.0. The highest BCUT2D eigenvalue weighted by molar-refractivity contribution is 5.73. The molecular weight excluding hydrogens is 292 g/mol. The third-order valence-electron chi connectivity index (χ3n) is 6.45. The molecule has 5 rings (SSSR count). The minimum atomic E-state index is 0.000601. The third kappa shape index (κ3) is 3.36. The van der Waals surface area contributed by atoms with Crippen molar-refractivity contribution in [2.24, 2.45) is 23.2 Å². The molecule has 0 aromatic heterocycles. The van der Waals surface area contributed by atoms with Crippen molar-refractivity contribution in [2.45, 2.75) is 44.6 Å². The van der Waals surface area contributed by atoms with Crippen molar-refractivity contribution in [3.8, 4) is 0 Å². The van der Waals surface area contributed by atoms with Crippen molar-refractivity contribution in [1.29, 1.82) is 0 Å². The molecular formula is C18H30N2O3. The van der Waals surface area contributed by atoms with E-state index in [0.717, 1.165) is 24.3 Å². The molecule has 0 aromatic rings. The van der Waals surface area contributed by atoms with Crippen LogP contribution in [0.5, 0.6) is 0 Å². The summed E-state index contributed by atoms with van der Waals surface area (Å²) in [6, 6.07) is 0.0370. The van der Waals surface area contributed by atoms with Crippen molar-refractivity contribution in [3.63, 3.8) is 0 Å². The second-order valence-corrected chi connectivity index (χ2v) is 8.53. The summed E-state index contributed by atoms with van der Waals surface area (Å²) in [5, 5.41) is 3.02. The molecule has 1 atom stereocenters. The van der Waals surface area contributed by atoms with Gasteiger partial charge >= 0.3 is 6.03 Å². The van der Waals surface area contributed by atoms with Crippen LogP contribution in [0.25, 0.3) is 0 Å². The van der Waals surface area contributed by atoms with Gasteiger partial charge in [-0.25, -0.2) is 4.79 Å². The zero-order valence-corrected chi connectivity index (χ0v) is 14.3. The molecule has 0 radical (unpaired) electrons. The summed E-state index contributed by atoms with van der Waals surface area (Å²) >= 11 is 0. The Balaban J connectivity index is 1.29. The van der Waals surface area contributed by atoms with Gasteiger partial charge in [-0.3, -0.25) is 0 Å². The van der Waals surface area contributed by atoms with Crippen molar-refractivity contribution in [1.82, 2.24) is 10.2 Å². The van der Waals surface area contributed by atoms with E-state index < -0.39 is 0 Å². The van der Waals surface area contributed by atoms with Gasteiger partial charge in [0.15, 0.2) is 0 Å². The highest BCUT2D eigenvalue weighted by Crippen LogP contribution is 2.60. The summed E-state index contributed by atoms with van der Waals surface area (Å²) in [5.74, 6) is 2.81. The van der Waals surface area contributed by atoms with E-state index in [1.54, 1.807) is 0 Å². The minimum absolute atomic E-state index is 0.000601. The lowest BCUT2D eigenvalue weighted by atomic mass is 9.49. The Kier molecular flexibility index (Phi) is 4.26. The first-order valence-corrected chi connectivity index (χ1v) is 9.30. The van der Waals surface area contributed by atoms with Crippen LogP contribution in [-0.4, -0.2) is 57.0 Å². The molecule has 1 saturated heterocycles. The van der Waals surface area contributed by atoms with Crippen LogP contribution >= 0.6 is 0 Å². The quantitative estimate of drug-likeness (QED) is 0.864. The molecule has 0 spiro atoms. The summed E-state index contributed by atoms with van der Waals surface area (Å²) in [6.45, 7) is 3.34. The van der Waals surface area contributed by atoms with Gasteiger partial charge in [-0.1, -0.05) is 0 Å². The second kappa shape index (κ2) is 6.25. The van der Waals surface area contributed by atoms with Crippen LogP contribution in [0, 0.1) is 23.2 Å². The normalized spacial score (nSPS) is 41.8. The predicted molar refractivity (Wildman–Crippen MR) is 87.2 cm³/mol. The number of hydrogen-bond donors (Lipinski definition) is 1. The number of nitrogens with zero attached hydrogens (tertiary/aromatic N) is 1. The fraction of sp³-hybridized carbons (Fsp3) is 0.944. The van der Waals surface area contributed by atoms with Crippen molar-refractivity contribution < 1.29 is 14.3 Å². The van der Waals surface area contributed by atoms with Crippen LogP contribution < -0.4 is 5.32 Å². The van der Waals surface area contributed by atoms with Crippen LogP contribution in [0.15, 0.2) is 0 Å². The summed E-state index contributed by atoms with van der Waals surface area (Å²) in [6.07, 6.45) is 8.39. The number of carbonyl (C=O) groups excluding carboxylic acids is 1. The van der Waals surface area contributed by atoms with Gasteiger partial charge in [0.2, 0.25) is 0 Å². The molecule has 0 aromatic carbocycles. The molecule has 4 saturated carbocycles. The third-order valence-corrected chi connectivity index (χ3v) is 6.45. The number of nitrogens with one attached hydrogen (secondary N) is 1. The van der Waals surface area contributed by atoms with Crippen molar-refractivity contribution in [3.05, 3.63) is 0 Å². The first-order valence-electron chi connectivity index (χ1n) is 9.30. The van der Waals surface area contributed by atoms with Gasteiger partial charge in [-0.05, 0) is 61.7 Å². The minimum Gasteiger partial charge on any atom is -0.376 e. The van der Waals surface area contributed by atoms with Crippen LogP contribution in [0.4, 0.5) is 4.79 Å². The average molecular weight is 322 g/mol. The molecule has 1 aliphatic heterocycles. The first-order chi connectivity index (χ1) is 11.1. The summed E-state index contributed by atoms with van der Waals surface area (Å²) in [4.78, 5) is 14.3. The molecule has 130 valence electrons. The Hall–Kier alpha value is -0.810. The monoisotopic (exact) mass is 322 g/mol. The molecule has 5 nitrogen and oxygen atoms in total. The molecule has 5 heteroatoms. The highest BCUT2D eigenvalue weighted by Gasteiger charge is 2.51. The lowest BCUT2D eigenvalue weighted by molar-refractivity contribution is -0.0859. The van der Waals surface area contributed by atoms with Crippen molar-refractivity contribution >= 4 is 6.03 Å². The fourth-order valence-corrected chi connectivity index (χ4v) is 6.05. The SMILES string of the molecule is CN(CC12CC3CC(CC(C3)C1)C2)C(=O)NC[C@@H]1COCCO1. The number of ether oxygens (including phenoxy) is 2. The van der Waals surface area contributed by atoms with E-state index in [2.05, 4.69) is 5.32 Å². The number of rotatable bonds is 4. The topological polar surface area (TPSA) is 50.8 Å². The average Bonchev–Trinajstić information content (AvgIpc) is 2.51. The zero-order chi connectivity index (χ0) is 15.9. The van der Waals surface area contributed by atoms with Gasteiger partial charge in [-0.15, -0.1) is 0 Å². The van der Waals surface area contributed by atoms with Gasteiger partial charge in [0.1, 0.15) is 0 Å². The van der Waals surface area contributed by atoms with E-state index in [1.807, 2.05) is 11.9 Å². The Morgan fingerprint density at radius 2 is 1.78 bits per heavy atom. The molecule has 4 bridgehead atoms. The van der Waals surface area contributed by atoms with Gasteiger partial charge in [0.25, 0.3) is 0 Å². The molecule has 1 heterocycles. The lowest BCUT2D eigenvalue weighted by Crippen LogP contribution is -2.53. The highest BCUT2D eigenvalue weighted by atomic mass is 16.6. The number of carbonyl (C=O) groups is 1. The Morgan fingerprint density at radius 3 is 2.35 bits per heavy atom. The second-order valence-electron chi connectivity index (χ2n) is 8.53. The number of hydrogen-bond acceptors (Lipinski definition) is 3. The molecule has 5 fully saturated rings. The summed E-state index contributed by atoms with van der Waals surface area (Å²) in [5.41, 5.74) is 0.408. The van der Waals surface area contributed by atoms with Crippen molar-refractivity contribution in [2.75, 3.05) is 40.0 Å². The predicted octanol–water partition coefficient (Wildman–Crippen LogP) is 2.26. The Bertz CT molecular complexity index is 412. The van der Waals surface area contributed by atoms with E-state index in [4.69, 9.17) is 9.47 Å². The van der Waals surface area contributed by atoms with Gasteiger partial charge < -0.3 is 19.7 Å². The standard InChI is InChI=1S/C18H30N2O3/c1-20(17(21)19-10-16-11-22-2-3-23-16)12-18-7-13-4-14(8-18)6-15(5-13)9-18/h13-16H,2-12H2,1H3,(H,19,21)/t13?,14?,15?,16-,18?/m1/s1. The van der Waals surface area contributed by atoms with Gasteiger partial charge in [0, 0.05) is 20.1 Å². The van der Waals surface area contributed by atoms with Crippen LogP contribution in [0.1, 0.15) is 38.5 Å². The maximum atomic E-state index is 12.4. The largest absolute Gasteiger partial charge is 0.376 e. The molecule has 0 unspecified atom stereocenters.